The van der Waals surface area contributed by atoms with Gasteiger partial charge < -0.3 is 14.7 Å². The number of rotatable bonds is 12. The fourth-order valence-corrected chi connectivity index (χ4v) is 6.27. The Kier molecular flexibility index (Phi) is 10.4. The zero-order valence-corrected chi connectivity index (χ0v) is 28.9. The van der Waals surface area contributed by atoms with Crippen LogP contribution in [0.25, 0.3) is 21.5 Å². The van der Waals surface area contributed by atoms with E-state index in [1.807, 2.05) is 43.4 Å². The van der Waals surface area contributed by atoms with Crippen LogP contribution in [0.5, 0.6) is 0 Å². The summed E-state index contributed by atoms with van der Waals surface area (Å²) in [4.78, 5) is 57.2. The van der Waals surface area contributed by atoms with Crippen molar-refractivity contribution in [3.8, 4) is 0 Å². The highest BCUT2D eigenvalue weighted by atomic mass is 16.2. The molecule has 254 valence electrons. The van der Waals surface area contributed by atoms with Crippen molar-refractivity contribution < 1.29 is 19.2 Å². The number of benzene rings is 4. The highest BCUT2D eigenvalue weighted by Crippen LogP contribution is 2.36. The lowest BCUT2D eigenvalue weighted by atomic mass is 9.92. The van der Waals surface area contributed by atoms with Crippen molar-refractivity contribution in [3.05, 3.63) is 102 Å². The van der Waals surface area contributed by atoms with E-state index >= 15 is 0 Å². The van der Waals surface area contributed by atoms with Gasteiger partial charge in [0.1, 0.15) is 0 Å². The van der Waals surface area contributed by atoms with Gasteiger partial charge in [-0.15, -0.1) is 0 Å². The Morgan fingerprint density at radius 1 is 0.796 bits per heavy atom. The minimum absolute atomic E-state index is 0.181. The summed E-state index contributed by atoms with van der Waals surface area (Å²) in [6.07, 6.45) is 4.82. The number of carbonyl (C=O) groups excluding carboxylic acids is 4. The van der Waals surface area contributed by atoms with Gasteiger partial charge in [0.15, 0.2) is 0 Å². The zero-order valence-electron chi connectivity index (χ0n) is 28.9. The molecule has 4 aromatic carbocycles. The predicted octanol–water partition coefficient (Wildman–Crippen LogP) is 6.16. The Morgan fingerprint density at radius 3 is 1.98 bits per heavy atom. The normalized spacial score (nSPS) is 13.9. The molecule has 2 aliphatic rings. The van der Waals surface area contributed by atoms with Crippen LogP contribution in [0, 0.1) is 5.41 Å². The highest BCUT2D eigenvalue weighted by molar-refractivity contribution is 6.27. The molecule has 6 rings (SSSR count). The molecular formula is C39H44N6O4. The summed E-state index contributed by atoms with van der Waals surface area (Å²) in [7, 11) is 4.19. The molecule has 4 aromatic rings. The molecule has 10 heteroatoms. The quantitative estimate of drug-likeness (QED) is 0.106. The van der Waals surface area contributed by atoms with Crippen LogP contribution < -0.4 is 10.2 Å². The molecule has 4 amide bonds. The number of carbonyl (C=O) groups is 4. The van der Waals surface area contributed by atoms with Crippen LogP contribution in [-0.2, 0) is 0 Å². The lowest BCUT2D eigenvalue weighted by Gasteiger charge is -2.35. The Labute approximate surface area is 287 Å². The maximum absolute atomic E-state index is 13.3. The maximum Gasteiger partial charge on any atom is 0.261 e. The third kappa shape index (κ3) is 6.88. The molecule has 2 N–H and O–H groups in total. The van der Waals surface area contributed by atoms with Gasteiger partial charge in [0.2, 0.25) is 0 Å². The molecule has 0 aromatic heterocycles. The largest absolute Gasteiger partial charge is 0.308 e. The summed E-state index contributed by atoms with van der Waals surface area (Å²) in [6.45, 7) is 13.3. The minimum Gasteiger partial charge on any atom is -0.308 e. The van der Waals surface area contributed by atoms with Crippen molar-refractivity contribution in [2.24, 2.45) is 0 Å². The second-order valence-corrected chi connectivity index (χ2v) is 13.1. The Morgan fingerprint density at radius 2 is 1.39 bits per heavy atom. The molecule has 0 aliphatic carbocycles. The van der Waals surface area contributed by atoms with E-state index in [0.717, 1.165) is 54.1 Å². The van der Waals surface area contributed by atoms with E-state index in [0.29, 0.717) is 40.7 Å². The Balaban J connectivity index is 0.000000256. The highest BCUT2D eigenvalue weighted by Gasteiger charge is 2.33. The third-order valence-corrected chi connectivity index (χ3v) is 9.84. The summed E-state index contributed by atoms with van der Waals surface area (Å²) in [5.74, 6) is -1.16. The van der Waals surface area contributed by atoms with Crippen LogP contribution in [0.4, 0.5) is 5.69 Å². The van der Waals surface area contributed by atoms with Gasteiger partial charge in [-0.3, -0.25) is 34.8 Å². The van der Waals surface area contributed by atoms with Crippen LogP contribution in [0.2, 0.25) is 0 Å². The van der Waals surface area contributed by atoms with Gasteiger partial charge in [-0.2, -0.15) is 0 Å². The predicted molar refractivity (Wildman–Crippen MR) is 196 cm³/mol. The van der Waals surface area contributed by atoms with Crippen LogP contribution in [0.1, 0.15) is 75.0 Å². The van der Waals surface area contributed by atoms with Gasteiger partial charge in [-0.1, -0.05) is 49.9 Å². The molecule has 0 spiro atoms. The van der Waals surface area contributed by atoms with E-state index in [-0.39, 0.29) is 29.2 Å². The van der Waals surface area contributed by atoms with E-state index in [2.05, 4.69) is 49.5 Å². The van der Waals surface area contributed by atoms with Crippen molar-refractivity contribution in [2.75, 3.05) is 45.2 Å². The molecule has 0 atom stereocenters. The van der Waals surface area contributed by atoms with Crippen LogP contribution in [-0.4, -0.2) is 90.5 Å². The molecule has 10 nitrogen and oxygen atoms in total. The summed E-state index contributed by atoms with van der Waals surface area (Å²) >= 11 is 0. The van der Waals surface area contributed by atoms with E-state index in [1.54, 1.807) is 35.2 Å². The molecule has 0 fully saturated rings. The summed E-state index contributed by atoms with van der Waals surface area (Å²) in [6, 6.07) is 19.9. The Hall–Kier alpha value is -5.19. The van der Waals surface area contributed by atoms with Gasteiger partial charge in [-0.05, 0) is 89.6 Å². The number of anilines is 1. The van der Waals surface area contributed by atoms with Crippen molar-refractivity contribution in [1.29, 1.82) is 5.41 Å². The lowest BCUT2D eigenvalue weighted by molar-refractivity contribution is 0.0595. The lowest BCUT2D eigenvalue weighted by Crippen LogP contribution is -2.44. The molecule has 0 bridgehead atoms. The first-order valence-corrected chi connectivity index (χ1v) is 16.5. The average Bonchev–Trinajstić information content (AvgIpc) is 3.10. The number of likely N-dealkylation sites (N-methyl/N-ethyl adjacent to an activating group) is 1. The van der Waals surface area contributed by atoms with E-state index < -0.39 is 0 Å². The molecular weight excluding hydrogens is 616 g/mol. The number of nitrogens with one attached hydrogen (secondary N) is 2. The number of amides is 4. The van der Waals surface area contributed by atoms with Gasteiger partial charge in [0.25, 0.3) is 23.6 Å². The first-order valence-electron chi connectivity index (χ1n) is 16.5. The zero-order chi connectivity index (χ0) is 35.5. The Bertz CT molecular complexity index is 1890. The number of nitrogens with zero attached hydrogens (tertiary/aromatic N) is 4. The number of hydrogen-bond acceptors (Lipinski definition) is 7. The van der Waals surface area contributed by atoms with Gasteiger partial charge >= 0.3 is 0 Å². The topological polar surface area (TPSA) is 117 Å². The standard InChI is InChI=1S/C27H37N5O2.C12H7NO2/c1-7-27(3,4)30(6)16-10-15-29(5)17-18-32-25(33)21-12-9-11-20-23(31(8-2)19-28)14-13-22(24(20)21)26(32)34;14-11-8-5-1-3-7-4-2-6-9(10(7)8)12(15)13-11/h8-9,11-14,19,28H,2,7,10,15-18H2,1,3-6H3;1-6H,(H,13,14,15). The summed E-state index contributed by atoms with van der Waals surface area (Å²) in [5.41, 5.74) is 3.09. The molecule has 2 heterocycles. The second kappa shape index (κ2) is 14.5. The van der Waals surface area contributed by atoms with Gasteiger partial charge in [-0.25, -0.2) is 0 Å². The minimum atomic E-state index is -0.315. The number of hydrogen-bond donors (Lipinski definition) is 2. The molecule has 0 saturated heterocycles. The van der Waals surface area contributed by atoms with Crippen molar-refractivity contribution in [3.63, 3.8) is 0 Å². The fourth-order valence-electron chi connectivity index (χ4n) is 6.27. The van der Waals surface area contributed by atoms with Crippen molar-refractivity contribution in [1.82, 2.24) is 20.0 Å². The SMILES string of the molecule is C=CN(C=N)c1ccc2c3c(cccc13)C(=O)N(CCN(C)CCCN(C)C(C)(C)CC)C2=O.O=C1NC(=O)c2cccc3cccc1c23. The first kappa shape index (κ1) is 35.1. The van der Waals surface area contributed by atoms with Crippen LogP contribution in [0.15, 0.2) is 79.5 Å². The van der Waals surface area contributed by atoms with Gasteiger partial charge in [0, 0.05) is 63.2 Å². The van der Waals surface area contributed by atoms with Crippen LogP contribution in [0.3, 0.4) is 0 Å². The molecule has 2 aliphatic heterocycles. The van der Waals surface area contributed by atoms with Crippen LogP contribution >= 0.6 is 0 Å². The first-order chi connectivity index (χ1) is 23.4. The van der Waals surface area contributed by atoms with E-state index in [1.165, 1.54) is 11.1 Å². The molecule has 0 radical (unpaired) electrons. The number of imide groups is 2. The third-order valence-electron chi connectivity index (χ3n) is 9.84. The van der Waals surface area contributed by atoms with E-state index in [9.17, 15) is 19.2 Å². The molecule has 0 unspecified atom stereocenters. The van der Waals surface area contributed by atoms with Crippen molar-refractivity contribution in [2.45, 2.75) is 39.2 Å². The smallest absolute Gasteiger partial charge is 0.261 e. The maximum atomic E-state index is 13.3. The van der Waals surface area contributed by atoms with E-state index in [4.69, 9.17) is 5.41 Å². The molecule has 49 heavy (non-hydrogen) atoms. The summed E-state index contributed by atoms with van der Waals surface area (Å²) < 4.78 is 0. The average molecular weight is 661 g/mol. The van der Waals surface area contributed by atoms with Gasteiger partial charge in [0.05, 0.1) is 12.0 Å². The molecule has 0 saturated carbocycles. The monoisotopic (exact) mass is 660 g/mol. The van der Waals surface area contributed by atoms with Crippen molar-refractivity contribution >= 4 is 57.2 Å². The summed E-state index contributed by atoms with van der Waals surface area (Å²) in [5, 5.41) is 13.0. The fraction of sp³-hybridized carbons (Fsp3) is 0.308. The second-order valence-electron chi connectivity index (χ2n) is 13.1.